The van der Waals surface area contributed by atoms with Crippen molar-refractivity contribution in [3.63, 3.8) is 0 Å². The first-order chi connectivity index (χ1) is 11.1. The van der Waals surface area contributed by atoms with E-state index in [1.54, 1.807) is 0 Å². The molecule has 0 aliphatic heterocycles. The molecule has 1 spiro atoms. The second-order valence-electron chi connectivity index (χ2n) is 9.99. The van der Waals surface area contributed by atoms with Crippen LogP contribution in [-0.2, 0) is 9.59 Å². The van der Waals surface area contributed by atoms with E-state index >= 15 is 0 Å². The van der Waals surface area contributed by atoms with Gasteiger partial charge in [-0.05, 0) is 62.2 Å². The van der Waals surface area contributed by atoms with Crippen LogP contribution in [0.4, 0.5) is 0 Å². The lowest BCUT2D eigenvalue weighted by molar-refractivity contribution is -0.224. The number of aliphatic hydroxyl groups is 1. The third-order valence-electron chi connectivity index (χ3n) is 9.02. The summed E-state index contributed by atoms with van der Waals surface area (Å²) in [7, 11) is 0. The summed E-state index contributed by atoms with van der Waals surface area (Å²) in [5, 5.41) is 21.0. The molecular formula is C20H30O4. The first-order valence-electron chi connectivity index (χ1n) is 9.54. The van der Waals surface area contributed by atoms with Gasteiger partial charge in [0.2, 0.25) is 0 Å². The molecule has 24 heavy (non-hydrogen) atoms. The monoisotopic (exact) mass is 334 g/mol. The number of carbonyl (C=O) groups excluding carboxylic acids is 1. The third-order valence-corrected chi connectivity index (χ3v) is 9.02. The van der Waals surface area contributed by atoms with Gasteiger partial charge in [-0.3, -0.25) is 9.59 Å². The quantitative estimate of drug-likeness (QED) is 0.770. The summed E-state index contributed by atoms with van der Waals surface area (Å²) in [6, 6.07) is 0. The number of hydrogen-bond acceptors (Lipinski definition) is 3. The van der Waals surface area contributed by atoms with E-state index in [9.17, 15) is 19.8 Å². The molecule has 4 nitrogen and oxygen atoms in total. The molecule has 2 bridgehead atoms. The average molecular weight is 334 g/mol. The van der Waals surface area contributed by atoms with Gasteiger partial charge in [-0.25, -0.2) is 0 Å². The van der Waals surface area contributed by atoms with Crippen LogP contribution in [0.1, 0.15) is 72.1 Å². The molecule has 0 radical (unpaired) electrons. The van der Waals surface area contributed by atoms with Crippen molar-refractivity contribution in [2.24, 2.45) is 33.5 Å². The fraction of sp³-hybridized carbons (Fsp3) is 0.900. The van der Waals surface area contributed by atoms with E-state index in [0.29, 0.717) is 25.0 Å². The number of carboxylic acids is 1. The summed E-state index contributed by atoms with van der Waals surface area (Å²) in [6.07, 6.45) is 5.98. The van der Waals surface area contributed by atoms with Crippen LogP contribution in [0.25, 0.3) is 0 Å². The highest BCUT2D eigenvalue weighted by Gasteiger charge is 2.72. The van der Waals surface area contributed by atoms with Crippen LogP contribution in [0.2, 0.25) is 0 Å². The van der Waals surface area contributed by atoms with E-state index < -0.39 is 17.5 Å². The normalized spacial score (nSPS) is 56.5. The highest BCUT2D eigenvalue weighted by molar-refractivity contribution is 5.86. The van der Waals surface area contributed by atoms with Crippen LogP contribution in [0.5, 0.6) is 0 Å². The summed E-state index contributed by atoms with van der Waals surface area (Å²) >= 11 is 0. The first-order valence-corrected chi connectivity index (χ1v) is 9.54. The van der Waals surface area contributed by atoms with Crippen molar-refractivity contribution in [1.82, 2.24) is 0 Å². The molecule has 134 valence electrons. The maximum absolute atomic E-state index is 12.7. The molecule has 4 saturated carbocycles. The summed E-state index contributed by atoms with van der Waals surface area (Å²) < 4.78 is 0. The van der Waals surface area contributed by atoms with Gasteiger partial charge in [0.05, 0.1) is 11.5 Å². The maximum atomic E-state index is 12.7. The molecule has 4 heteroatoms. The van der Waals surface area contributed by atoms with Gasteiger partial charge in [0.25, 0.3) is 0 Å². The Balaban J connectivity index is 1.85. The smallest absolute Gasteiger partial charge is 0.309 e. The number of rotatable bonds is 1. The molecule has 3 unspecified atom stereocenters. The maximum Gasteiger partial charge on any atom is 0.309 e. The zero-order valence-corrected chi connectivity index (χ0v) is 15.1. The molecule has 0 aromatic carbocycles. The van der Waals surface area contributed by atoms with Gasteiger partial charge >= 0.3 is 5.97 Å². The first kappa shape index (κ1) is 16.6. The van der Waals surface area contributed by atoms with E-state index in [1.807, 2.05) is 6.92 Å². The zero-order chi connectivity index (χ0) is 17.5. The Morgan fingerprint density at radius 1 is 1.12 bits per heavy atom. The Morgan fingerprint density at radius 2 is 1.83 bits per heavy atom. The summed E-state index contributed by atoms with van der Waals surface area (Å²) in [5.41, 5.74) is -1.22. The Hall–Kier alpha value is -0.900. The van der Waals surface area contributed by atoms with Crippen molar-refractivity contribution in [3.8, 4) is 0 Å². The predicted molar refractivity (Wildman–Crippen MR) is 89.3 cm³/mol. The van der Waals surface area contributed by atoms with Gasteiger partial charge in [-0.1, -0.05) is 20.3 Å². The second kappa shape index (κ2) is 4.63. The van der Waals surface area contributed by atoms with Crippen molar-refractivity contribution < 1.29 is 19.8 Å². The van der Waals surface area contributed by atoms with Gasteiger partial charge in [-0.15, -0.1) is 0 Å². The lowest BCUT2D eigenvalue weighted by atomic mass is 9.37. The zero-order valence-electron chi connectivity index (χ0n) is 15.1. The highest BCUT2D eigenvalue weighted by Crippen LogP contribution is 2.75. The fourth-order valence-corrected chi connectivity index (χ4v) is 7.80. The number of ketones is 1. The van der Waals surface area contributed by atoms with Crippen molar-refractivity contribution in [1.29, 1.82) is 0 Å². The van der Waals surface area contributed by atoms with Gasteiger partial charge in [0.15, 0.2) is 0 Å². The Kier molecular flexibility index (Phi) is 3.19. The SMILES string of the molecule is C[C@]12CC[C@]3(C1)C(CC2=O)CC(O)C1[C@](C)(C(=O)O)CCC[C@@]13C. The van der Waals surface area contributed by atoms with Crippen LogP contribution in [0, 0.1) is 33.5 Å². The minimum Gasteiger partial charge on any atom is -0.481 e. The Morgan fingerprint density at radius 3 is 2.50 bits per heavy atom. The largest absolute Gasteiger partial charge is 0.481 e. The molecule has 4 aliphatic carbocycles. The van der Waals surface area contributed by atoms with Crippen LogP contribution in [0.15, 0.2) is 0 Å². The fourth-order valence-electron chi connectivity index (χ4n) is 7.80. The number of carboxylic acid groups (broad SMARTS) is 1. The Labute approximate surface area is 144 Å². The molecule has 7 atom stereocenters. The summed E-state index contributed by atoms with van der Waals surface area (Å²) in [5.74, 6) is -0.373. The van der Waals surface area contributed by atoms with Crippen molar-refractivity contribution in [2.45, 2.75) is 78.2 Å². The second-order valence-corrected chi connectivity index (χ2v) is 9.99. The van der Waals surface area contributed by atoms with Crippen molar-refractivity contribution >= 4 is 11.8 Å². The van der Waals surface area contributed by atoms with Crippen LogP contribution in [-0.4, -0.2) is 28.1 Å². The Bertz CT molecular complexity index is 615. The predicted octanol–water partition coefficient (Wildman–Crippen LogP) is 3.41. The van der Waals surface area contributed by atoms with Crippen LogP contribution in [0.3, 0.4) is 0 Å². The molecular weight excluding hydrogens is 304 g/mol. The van der Waals surface area contributed by atoms with Gasteiger partial charge in [0, 0.05) is 17.8 Å². The molecule has 0 aromatic rings. The van der Waals surface area contributed by atoms with E-state index in [-0.39, 0.29) is 28.1 Å². The molecule has 2 N–H and O–H groups in total. The van der Waals surface area contributed by atoms with Gasteiger partial charge < -0.3 is 10.2 Å². The van der Waals surface area contributed by atoms with Gasteiger partial charge in [0.1, 0.15) is 5.78 Å². The minimum absolute atomic E-state index is 0.0384. The van der Waals surface area contributed by atoms with E-state index in [0.717, 1.165) is 32.1 Å². The summed E-state index contributed by atoms with van der Waals surface area (Å²) in [4.78, 5) is 24.8. The van der Waals surface area contributed by atoms with Crippen molar-refractivity contribution in [3.05, 3.63) is 0 Å². The standard InChI is InChI=1S/C20H30O4/c1-17-7-8-20(11-17)12(10-14(17)22)9-13(21)15-18(2,16(23)24)5-4-6-19(15,20)3/h12-13,15,21H,4-11H2,1-3H3,(H,23,24)/t12?,13?,15?,17-,18+,19-,20-/m0/s1. The van der Waals surface area contributed by atoms with Crippen LogP contribution >= 0.6 is 0 Å². The lowest BCUT2D eigenvalue weighted by Crippen LogP contribution is -2.65. The molecule has 4 aliphatic rings. The number of fused-ring (bicyclic) bond motifs is 2. The van der Waals surface area contributed by atoms with Crippen molar-refractivity contribution in [2.75, 3.05) is 0 Å². The molecule has 4 fully saturated rings. The summed E-state index contributed by atoms with van der Waals surface area (Å²) in [6.45, 7) is 6.21. The third kappa shape index (κ3) is 1.69. The van der Waals surface area contributed by atoms with Crippen LogP contribution < -0.4 is 0 Å². The molecule has 0 amide bonds. The van der Waals surface area contributed by atoms with Gasteiger partial charge in [-0.2, -0.15) is 0 Å². The number of hydrogen-bond donors (Lipinski definition) is 2. The molecule has 0 aromatic heterocycles. The topological polar surface area (TPSA) is 74.6 Å². The van der Waals surface area contributed by atoms with E-state index in [1.165, 1.54) is 0 Å². The number of Topliss-reactive ketones (excluding diaryl/α,β-unsaturated/α-hetero) is 1. The number of aliphatic carboxylic acids is 1. The molecule has 0 heterocycles. The van der Waals surface area contributed by atoms with E-state index in [4.69, 9.17) is 0 Å². The average Bonchev–Trinajstić information content (AvgIpc) is 2.81. The van der Waals surface area contributed by atoms with E-state index in [2.05, 4.69) is 13.8 Å². The minimum atomic E-state index is -0.855. The molecule has 4 rings (SSSR count). The number of carbonyl (C=O) groups is 2. The number of aliphatic hydroxyl groups excluding tert-OH is 1. The molecule has 0 saturated heterocycles. The highest BCUT2D eigenvalue weighted by atomic mass is 16.4. The lowest BCUT2D eigenvalue weighted by Gasteiger charge is -2.66.